The number of rotatable bonds is 3. The number of nitrogens with zero attached hydrogens (tertiary/aromatic N) is 2. The highest BCUT2D eigenvalue weighted by atomic mass is 16.6. The molecule has 0 aliphatic carbocycles. The summed E-state index contributed by atoms with van der Waals surface area (Å²) in [5.41, 5.74) is 3.00. The molecule has 0 bridgehead atoms. The van der Waals surface area contributed by atoms with Crippen LogP contribution in [0.25, 0.3) is 0 Å². The van der Waals surface area contributed by atoms with Gasteiger partial charge in [0.1, 0.15) is 0 Å². The highest BCUT2D eigenvalue weighted by molar-refractivity contribution is 4.84. The lowest BCUT2D eigenvalue weighted by Crippen LogP contribution is -2.57. The van der Waals surface area contributed by atoms with E-state index in [0.717, 1.165) is 19.6 Å². The van der Waals surface area contributed by atoms with E-state index >= 15 is 0 Å². The summed E-state index contributed by atoms with van der Waals surface area (Å²) in [6, 6.07) is 0.913. The second-order valence-corrected chi connectivity index (χ2v) is 3.92. The smallest absolute Gasteiger partial charge is 0.0572 e. The number of hydrogen-bond acceptors (Lipinski definition) is 4. The molecular formula is C9H21N3O. The molecule has 2 unspecified atom stereocenters. The van der Waals surface area contributed by atoms with Crippen molar-refractivity contribution in [3.63, 3.8) is 0 Å². The van der Waals surface area contributed by atoms with Crippen LogP contribution in [0.1, 0.15) is 6.92 Å². The Bertz CT molecular complexity index is 154. The third-order valence-electron chi connectivity index (χ3n) is 2.78. The Morgan fingerprint density at radius 3 is 2.69 bits per heavy atom. The minimum atomic E-state index is 0.373. The van der Waals surface area contributed by atoms with Crippen molar-refractivity contribution in [2.75, 3.05) is 40.8 Å². The Labute approximate surface area is 80.8 Å². The summed E-state index contributed by atoms with van der Waals surface area (Å²) >= 11 is 0. The van der Waals surface area contributed by atoms with Crippen LogP contribution in [-0.2, 0) is 4.84 Å². The first-order valence-corrected chi connectivity index (χ1v) is 4.82. The van der Waals surface area contributed by atoms with Crippen LogP contribution < -0.4 is 5.48 Å². The van der Waals surface area contributed by atoms with Gasteiger partial charge in [0.2, 0.25) is 0 Å². The van der Waals surface area contributed by atoms with E-state index < -0.39 is 0 Å². The van der Waals surface area contributed by atoms with Gasteiger partial charge in [-0.1, -0.05) is 0 Å². The van der Waals surface area contributed by atoms with Gasteiger partial charge in [-0.3, -0.25) is 4.90 Å². The molecule has 4 heteroatoms. The van der Waals surface area contributed by atoms with Crippen LogP contribution in [0.3, 0.4) is 0 Å². The van der Waals surface area contributed by atoms with Crippen molar-refractivity contribution in [3.8, 4) is 0 Å². The second kappa shape index (κ2) is 4.91. The van der Waals surface area contributed by atoms with Gasteiger partial charge in [0.15, 0.2) is 0 Å². The van der Waals surface area contributed by atoms with E-state index in [-0.39, 0.29) is 0 Å². The first-order valence-electron chi connectivity index (χ1n) is 4.82. The first kappa shape index (κ1) is 10.9. The summed E-state index contributed by atoms with van der Waals surface area (Å²) in [7, 11) is 6.01. The van der Waals surface area contributed by atoms with Gasteiger partial charge >= 0.3 is 0 Å². The summed E-state index contributed by atoms with van der Waals surface area (Å²) in [6.45, 7) is 5.56. The standard InChI is InChI=1S/C9H21N3O/c1-8(10-13-4)9-7-11(2)5-6-12(9)3/h8-10H,5-7H2,1-4H3. The van der Waals surface area contributed by atoms with Crippen molar-refractivity contribution >= 4 is 0 Å². The van der Waals surface area contributed by atoms with Gasteiger partial charge in [-0.15, -0.1) is 0 Å². The number of nitrogens with one attached hydrogen (secondary N) is 1. The molecule has 2 atom stereocenters. The number of hydroxylamine groups is 1. The Morgan fingerprint density at radius 1 is 1.38 bits per heavy atom. The predicted molar refractivity (Wildman–Crippen MR) is 53.5 cm³/mol. The first-order chi connectivity index (χ1) is 6.15. The molecule has 1 aliphatic heterocycles. The number of hydrogen-bond donors (Lipinski definition) is 1. The molecular weight excluding hydrogens is 166 g/mol. The zero-order valence-electron chi connectivity index (χ0n) is 9.08. The third kappa shape index (κ3) is 2.91. The Hall–Kier alpha value is -0.160. The van der Waals surface area contributed by atoms with Gasteiger partial charge in [-0.05, 0) is 21.0 Å². The second-order valence-electron chi connectivity index (χ2n) is 3.92. The zero-order chi connectivity index (χ0) is 9.84. The van der Waals surface area contributed by atoms with Gasteiger partial charge in [0.05, 0.1) is 7.11 Å². The summed E-state index contributed by atoms with van der Waals surface area (Å²) in [5.74, 6) is 0. The van der Waals surface area contributed by atoms with Crippen molar-refractivity contribution in [2.24, 2.45) is 0 Å². The van der Waals surface area contributed by atoms with Crippen LogP contribution in [0, 0.1) is 0 Å². The van der Waals surface area contributed by atoms with Crippen LogP contribution >= 0.6 is 0 Å². The molecule has 1 rings (SSSR count). The zero-order valence-corrected chi connectivity index (χ0v) is 9.08. The molecule has 1 fully saturated rings. The molecule has 0 aromatic carbocycles. The summed E-state index contributed by atoms with van der Waals surface area (Å²) in [5, 5.41) is 0. The van der Waals surface area contributed by atoms with E-state index in [2.05, 4.69) is 36.3 Å². The predicted octanol–water partition coefficient (Wildman–Crippen LogP) is -0.228. The van der Waals surface area contributed by atoms with Crippen molar-refractivity contribution in [3.05, 3.63) is 0 Å². The van der Waals surface area contributed by atoms with E-state index in [0.29, 0.717) is 12.1 Å². The summed E-state index contributed by atoms with van der Waals surface area (Å²) in [6.07, 6.45) is 0. The van der Waals surface area contributed by atoms with Crippen molar-refractivity contribution in [2.45, 2.75) is 19.0 Å². The quantitative estimate of drug-likeness (QED) is 0.618. The maximum atomic E-state index is 4.95. The van der Waals surface area contributed by atoms with Crippen molar-refractivity contribution in [1.82, 2.24) is 15.3 Å². The molecule has 4 nitrogen and oxygen atoms in total. The molecule has 0 aromatic heterocycles. The highest BCUT2D eigenvalue weighted by Gasteiger charge is 2.26. The van der Waals surface area contributed by atoms with Crippen LogP contribution in [0.2, 0.25) is 0 Å². The average Bonchev–Trinajstić information content (AvgIpc) is 2.09. The molecule has 1 N–H and O–H groups in total. The van der Waals surface area contributed by atoms with Gasteiger partial charge in [-0.2, -0.15) is 5.48 Å². The van der Waals surface area contributed by atoms with E-state index in [1.165, 1.54) is 0 Å². The van der Waals surface area contributed by atoms with Crippen LogP contribution in [0.5, 0.6) is 0 Å². The fraction of sp³-hybridized carbons (Fsp3) is 1.00. The number of piperazine rings is 1. The third-order valence-corrected chi connectivity index (χ3v) is 2.78. The fourth-order valence-corrected chi connectivity index (χ4v) is 1.85. The lowest BCUT2D eigenvalue weighted by Gasteiger charge is -2.40. The van der Waals surface area contributed by atoms with Crippen LogP contribution in [0.15, 0.2) is 0 Å². The lowest BCUT2D eigenvalue weighted by molar-refractivity contribution is 0.0106. The van der Waals surface area contributed by atoms with Crippen molar-refractivity contribution < 1.29 is 4.84 Å². The molecule has 1 saturated heterocycles. The van der Waals surface area contributed by atoms with Crippen LogP contribution in [-0.4, -0.2) is 62.7 Å². The molecule has 1 heterocycles. The van der Waals surface area contributed by atoms with Gasteiger partial charge in [0.25, 0.3) is 0 Å². The Morgan fingerprint density at radius 2 is 2.08 bits per heavy atom. The van der Waals surface area contributed by atoms with E-state index in [1.807, 2.05) is 0 Å². The van der Waals surface area contributed by atoms with E-state index in [1.54, 1.807) is 7.11 Å². The maximum Gasteiger partial charge on any atom is 0.0572 e. The topological polar surface area (TPSA) is 27.7 Å². The molecule has 0 spiro atoms. The largest absolute Gasteiger partial charge is 0.305 e. The van der Waals surface area contributed by atoms with Gasteiger partial charge < -0.3 is 9.74 Å². The summed E-state index contributed by atoms with van der Waals surface area (Å²) < 4.78 is 0. The van der Waals surface area contributed by atoms with Crippen LogP contribution in [0.4, 0.5) is 0 Å². The minimum Gasteiger partial charge on any atom is -0.305 e. The Balaban J connectivity index is 2.44. The maximum absolute atomic E-state index is 4.95. The summed E-state index contributed by atoms with van der Waals surface area (Å²) in [4.78, 5) is 9.69. The minimum absolute atomic E-state index is 0.373. The monoisotopic (exact) mass is 187 g/mol. The molecule has 0 saturated carbocycles. The molecule has 0 aromatic rings. The Kier molecular flexibility index (Phi) is 4.12. The van der Waals surface area contributed by atoms with Gasteiger partial charge in [0, 0.05) is 31.7 Å². The number of likely N-dealkylation sites (N-methyl/N-ethyl adjacent to an activating group) is 2. The molecule has 0 amide bonds. The van der Waals surface area contributed by atoms with Crippen molar-refractivity contribution in [1.29, 1.82) is 0 Å². The molecule has 0 radical (unpaired) electrons. The molecule has 78 valence electrons. The lowest BCUT2D eigenvalue weighted by atomic mass is 10.1. The normalized spacial score (nSPS) is 29.1. The van der Waals surface area contributed by atoms with E-state index in [4.69, 9.17) is 4.84 Å². The molecule has 13 heavy (non-hydrogen) atoms. The SMILES string of the molecule is CONC(C)C1CN(C)CCN1C. The molecule has 1 aliphatic rings. The van der Waals surface area contributed by atoms with Gasteiger partial charge in [-0.25, -0.2) is 0 Å². The van der Waals surface area contributed by atoms with E-state index in [9.17, 15) is 0 Å². The fourth-order valence-electron chi connectivity index (χ4n) is 1.85. The highest BCUT2D eigenvalue weighted by Crippen LogP contribution is 2.09. The average molecular weight is 187 g/mol.